The molecule has 2 fully saturated rings. The number of rotatable bonds is 19. The van der Waals surface area contributed by atoms with E-state index in [4.69, 9.17) is 88.6 Å². The van der Waals surface area contributed by atoms with Gasteiger partial charge in [-0.3, -0.25) is 9.59 Å². The minimum absolute atomic E-state index is 0.0104. The summed E-state index contributed by atoms with van der Waals surface area (Å²) in [6.07, 6.45) is -44.0. The first kappa shape index (κ1) is 50.4. The fourth-order valence-corrected chi connectivity index (χ4v) is 10.7. The van der Waals surface area contributed by atoms with Crippen LogP contribution < -0.4 is 0 Å². The third-order valence-corrected chi connectivity index (χ3v) is 14.9. The smallest absolute Gasteiger partial charge is 0.354 e. The van der Waals surface area contributed by atoms with Gasteiger partial charge in [0.1, 0.15) is 11.4 Å². The minimum atomic E-state index is -3.74. The minimum Gasteiger partial charge on any atom is -0.479 e. The molecule has 0 aliphatic heterocycles. The third kappa shape index (κ3) is 20.8. The number of carbonyl (C=O) groups is 6. The molecule has 0 saturated heterocycles. The van der Waals surface area contributed by atoms with Gasteiger partial charge >= 0.3 is 23.9 Å². The maximum absolute atomic E-state index is 14.0. The summed E-state index contributed by atoms with van der Waals surface area (Å²) in [7, 11) is 2.46. The number of hydrogen-bond donors (Lipinski definition) is 2. The topological polar surface area (TPSA) is 228 Å². The van der Waals surface area contributed by atoms with Crippen LogP contribution in [-0.4, -0.2) is 91.6 Å². The molecule has 0 amide bonds. The van der Waals surface area contributed by atoms with Crippen LogP contribution in [0.3, 0.4) is 0 Å². The maximum atomic E-state index is 14.0. The number of esters is 2. The Bertz CT molecular complexity index is 4780. The van der Waals surface area contributed by atoms with E-state index in [-0.39, 0.29) is 56.2 Å². The number of benzene rings is 3. The first-order valence-electron chi connectivity index (χ1n) is 40.7. The zero-order valence-corrected chi connectivity index (χ0v) is 58.2. The lowest BCUT2D eigenvalue weighted by molar-refractivity contribution is -0.164. The van der Waals surface area contributed by atoms with Gasteiger partial charge in [-0.1, -0.05) is 135 Å². The molecule has 16 nitrogen and oxygen atoms in total. The highest BCUT2D eigenvalue weighted by Gasteiger charge is 2.38. The van der Waals surface area contributed by atoms with Crippen molar-refractivity contribution in [2.45, 2.75) is 216 Å². The van der Waals surface area contributed by atoms with E-state index in [1.807, 2.05) is 20.8 Å². The number of aryl methyl sites for hydroxylation is 3. The quantitative estimate of drug-likeness (QED) is 0.0567. The van der Waals surface area contributed by atoms with Gasteiger partial charge in [0.2, 0.25) is 0 Å². The first-order valence-corrected chi connectivity index (χ1v) is 30.9. The normalized spacial score (nSPS) is 24.3. The SMILES string of the molecule is COC(=O)[C@@H](OC(C)(C)C)c1c(C)nc(C(=O)O)c(C)c1-c1ccc(Cl)cc1.[2H]C1([2H])C([2H])([2H])C([2H])([2H])C([2H])(CC(=O)c2nc(C)c([C@H](OC(C)(C)C)C(=O)O)c(-c3ccc(Cl)cc3)c2C)C([2H])([2H])C1([2H])[2H].[2H]C1([2H])C([2H])([2H])C([2H])([2H])C([2H])(CC(=O)c2nc(C)c([C@H](OC(C)(C)C)C(=O)OC)c(-c3ccc(Cl)cc3)c2C)C([2H])([2H])C1([2H])[2H]. The molecule has 2 N–H and O–H groups in total. The van der Waals surface area contributed by atoms with E-state index in [0.717, 1.165) is 0 Å². The van der Waals surface area contributed by atoms with Crippen molar-refractivity contribution >= 4 is 70.2 Å². The number of aliphatic carboxylic acids is 1. The largest absolute Gasteiger partial charge is 0.479 e. The molecular weight excluding hydrogens is 1270 g/mol. The summed E-state index contributed by atoms with van der Waals surface area (Å²) >= 11 is 18.2. The number of pyridine rings is 3. The predicted molar refractivity (Wildman–Crippen MR) is 373 cm³/mol. The number of hydrogen-bond acceptors (Lipinski definition) is 14. The fraction of sp³-hybridized carbons (Fsp3) is 0.487. The van der Waals surface area contributed by atoms with E-state index >= 15 is 0 Å². The molecule has 95 heavy (non-hydrogen) atoms. The Morgan fingerprint density at radius 2 is 0.726 bits per heavy atom. The molecule has 3 atom stereocenters. The summed E-state index contributed by atoms with van der Waals surface area (Å²) in [5.74, 6) is -13.1. The molecule has 0 spiro atoms. The van der Waals surface area contributed by atoms with Gasteiger partial charge in [0, 0.05) is 91.8 Å². The van der Waals surface area contributed by atoms with Crippen LogP contribution in [0.5, 0.6) is 0 Å². The summed E-state index contributed by atoms with van der Waals surface area (Å²) < 4.78 is 211. The predicted octanol–water partition coefficient (Wildman–Crippen LogP) is 19.1. The van der Waals surface area contributed by atoms with Gasteiger partial charge in [-0.05, 0) is 202 Å². The third-order valence-electron chi connectivity index (χ3n) is 14.2. The molecule has 8 rings (SSSR count). The van der Waals surface area contributed by atoms with Crippen LogP contribution in [0.25, 0.3) is 33.4 Å². The molecule has 3 aromatic heterocycles. The number of halogens is 3. The zero-order valence-electron chi connectivity index (χ0n) is 77.9. The van der Waals surface area contributed by atoms with E-state index in [1.165, 1.54) is 54.0 Å². The molecule has 3 aromatic carbocycles. The number of aromatic nitrogens is 3. The van der Waals surface area contributed by atoms with Crippen molar-refractivity contribution < 1.29 is 92.8 Å². The van der Waals surface area contributed by atoms with Crippen LogP contribution in [0.15, 0.2) is 72.8 Å². The molecule has 19 heteroatoms. The molecule has 3 heterocycles. The number of carboxylic acids is 2. The van der Waals surface area contributed by atoms with Crippen molar-refractivity contribution in [3.05, 3.63) is 155 Å². The second-order valence-corrected chi connectivity index (χ2v) is 26.1. The second kappa shape index (κ2) is 33.4. The van der Waals surface area contributed by atoms with Crippen molar-refractivity contribution in [2.75, 3.05) is 14.2 Å². The van der Waals surface area contributed by atoms with Gasteiger partial charge in [0.05, 0.1) is 31.0 Å². The van der Waals surface area contributed by atoms with Crippen molar-refractivity contribution in [3.63, 3.8) is 0 Å². The van der Waals surface area contributed by atoms with Crippen molar-refractivity contribution in [2.24, 2.45) is 11.8 Å². The summed E-state index contributed by atoms with van der Waals surface area (Å²) in [5.41, 5.74) is 1.23. The van der Waals surface area contributed by atoms with Gasteiger partial charge in [-0.2, -0.15) is 0 Å². The number of carboxylic acid groups (broad SMARTS) is 2. The summed E-state index contributed by atoms with van der Waals surface area (Å²) in [5, 5.41) is 21.0. The molecule has 0 bridgehead atoms. The summed E-state index contributed by atoms with van der Waals surface area (Å²) in [6, 6.07) is 19.5. The summed E-state index contributed by atoms with van der Waals surface area (Å²) in [4.78, 5) is 90.6. The van der Waals surface area contributed by atoms with Gasteiger partial charge in [0.15, 0.2) is 35.6 Å². The monoisotopic (exact) mass is 1380 g/mol. The Morgan fingerprint density at radius 3 is 0.989 bits per heavy atom. The molecule has 0 unspecified atom stereocenters. The van der Waals surface area contributed by atoms with Crippen LogP contribution in [-0.2, 0) is 38.1 Å². The molecular formula is C76H94Cl3N3O13. The molecule has 2 aliphatic carbocycles. The number of aromatic carboxylic acids is 1. The Hall–Kier alpha value is -6.92. The lowest BCUT2D eigenvalue weighted by Gasteiger charge is -2.29. The number of ketones is 2. The highest BCUT2D eigenvalue weighted by atomic mass is 35.5. The average Bonchev–Trinajstić information content (AvgIpc) is 0.667. The van der Waals surface area contributed by atoms with E-state index in [1.54, 1.807) is 116 Å². The molecule has 0 radical (unpaired) electrons. The Morgan fingerprint density at radius 1 is 0.463 bits per heavy atom. The first-order chi connectivity index (χ1) is 52.7. The van der Waals surface area contributed by atoms with E-state index in [9.17, 15) is 39.0 Å². The van der Waals surface area contributed by atoms with Crippen molar-refractivity contribution in [1.82, 2.24) is 15.0 Å². The fourth-order valence-electron chi connectivity index (χ4n) is 10.3. The average molecular weight is 1390 g/mol. The van der Waals surface area contributed by atoms with E-state index in [0.29, 0.717) is 54.1 Å². The van der Waals surface area contributed by atoms with Crippen molar-refractivity contribution in [1.29, 1.82) is 0 Å². The van der Waals surface area contributed by atoms with Gasteiger partial charge in [-0.15, -0.1) is 0 Å². The second-order valence-electron chi connectivity index (χ2n) is 24.8. The van der Waals surface area contributed by atoms with Crippen molar-refractivity contribution in [3.8, 4) is 33.4 Å². The van der Waals surface area contributed by atoms with Crippen LogP contribution in [0.2, 0.25) is 15.1 Å². The van der Waals surface area contributed by atoms with Gasteiger partial charge in [0.25, 0.3) is 0 Å². The molecule has 6 aromatic rings. The molecule has 2 aliphatic rings. The lowest BCUT2D eigenvalue weighted by atomic mass is 9.83. The summed E-state index contributed by atoms with van der Waals surface area (Å²) in [6.45, 7) is 24.7. The van der Waals surface area contributed by atoms with Crippen LogP contribution >= 0.6 is 34.8 Å². The lowest BCUT2D eigenvalue weighted by Crippen LogP contribution is -2.30. The Kier molecular flexibility index (Phi) is 17.7. The van der Waals surface area contributed by atoms with Crippen LogP contribution in [0.4, 0.5) is 0 Å². The Labute approximate surface area is 606 Å². The highest BCUT2D eigenvalue weighted by molar-refractivity contribution is 6.31. The van der Waals surface area contributed by atoms with Crippen LogP contribution in [0.1, 0.15) is 269 Å². The number of methoxy groups -OCH3 is 2. The van der Waals surface area contributed by atoms with Gasteiger partial charge in [-0.25, -0.2) is 34.1 Å². The molecule has 2 saturated carbocycles. The van der Waals surface area contributed by atoms with E-state index in [2.05, 4.69) is 15.0 Å². The maximum Gasteiger partial charge on any atom is 0.354 e. The number of ether oxygens (including phenoxy) is 5. The zero-order chi connectivity index (χ0) is 90.4. The number of Topliss-reactive ketones (excluding diaryl/α,β-unsaturated/α-hetero) is 2. The molecule has 512 valence electrons. The van der Waals surface area contributed by atoms with Gasteiger partial charge < -0.3 is 33.9 Å². The Balaban J connectivity index is 0.000000280. The number of nitrogens with zero attached hydrogens (tertiary/aromatic N) is 3. The van der Waals surface area contributed by atoms with Crippen LogP contribution in [0, 0.1) is 53.3 Å². The van der Waals surface area contributed by atoms with E-state index < -0.39 is 165 Å². The highest BCUT2D eigenvalue weighted by Crippen LogP contribution is 2.43. The standard InChI is InChI=1S/C28H36ClNO4.C27H34ClNO4.C21H24ClNO5/c1-17-23(20-12-14-21(29)15-13-20)24(26(27(32)33-6)34-28(3,4)5)18(2)30-25(17)22(31)16-19-10-8-7-9-11-19;1-16-22(19-11-13-20(28)14-12-19)23(25(26(31)32)33-27(3,4)5)17(2)29-24(16)21(30)15-18-9-7-6-8-10-18;1-11-15(13-7-9-14(22)10-8-13)16(12(2)23-17(11)19(24)25)18(20(26)27-6)28-21(3,4)5/h12-15,19,26H,7-11,16H2,1-6H3;11-14,18,25H,6-10,15H2,1-5H3,(H,31,32);7-10,18H,1-6H3,(H,24,25)/t26-;25-;18-/m000/s1/i7D2,8D2,9D2,10D2,11D2,19D;6D2,7D2,8D2,9D2,10D2,18D;. The number of carbonyl (C=O) groups excluding carboxylic acids is 4.